The molecule has 1 unspecified atom stereocenters. The fourth-order valence-corrected chi connectivity index (χ4v) is 3.00. The molecule has 1 aliphatic carbocycles. The lowest BCUT2D eigenvalue weighted by Gasteiger charge is -2.37. The number of hydrogen-bond donors (Lipinski definition) is 1. The molecule has 1 saturated heterocycles. The highest BCUT2D eigenvalue weighted by molar-refractivity contribution is 5.17. The predicted molar refractivity (Wildman–Crippen MR) is 62.6 cm³/mol. The highest BCUT2D eigenvalue weighted by Crippen LogP contribution is 2.39. The first-order chi connectivity index (χ1) is 7.07. The molecule has 0 spiro atoms. The molecule has 1 aliphatic heterocycles. The van der Waals surface area contributed by atoms with Gasteiger partial charge < -0.3 is 10.5 Å². The van der Waals surface area contributed by atoms with E-state index in [-0.39, 0.29) is 6.04 Å². The largest absolute Gasteiger partial charge is 0.381 e. The second kappa shape index (κ2) is 4.26. The van der Waals surface area contributed by atoms with Gasteiger partial charge >= 0.3 is 0 Å². The third-order valence-electron chi connectivity index (χ3n) is 3.64. The Hall–Kier alpha value is -0.340. The number of ether oxygens (including phenoxy) is 1. The van der Waals surface area contributed by atoms with Crippen molar-refractivity contribution in [3.8, 4) is 0 Å². The van der Waals surface area contributed by atoms with E-state index in [1.807, 2.05) is 0 Å². The molecule has 0 aromatic carbocycles. The van der Waals surface area contributed by atoms with Gasteiger partial charge in [-0.1, -0.05) is 25.5 Å². The van der Waals surface area contributed by atoms with Crippen LogP contribution >= 0.6 is 0 Å². The summed E-state index contributed by atoms with van der Waals surface area (Å²) in [7, 11) is 0. The van der Waals surface area contributed by atoms with Gasteiger partial charge in [0, 0.05) is 19.3 Å². The van der Waals surface area contributed by atoms with Crippen molar-refractivity contribution >= 4 is 0 Å². The Morgan fingerprint density at radius 2 is 2.00 bits per heavy atom. The van der Waals surface area contributed by atoms with Crippen molar-refractivity contribution in [2.24, 2.45) is 17.1 Å². The van der Waals surface area contributed by atoms with Gasteiger partial charge in [-0.3, -0.25) is 0 Å². The Balaban J connectivity index is 2.07. The molecule has 2 nitrogen and oxygen atoms in total. The highest BCUT2D eigenvalue weighted by atomic mass is 16.5. The summed E-state index contributed by atoms with van der Waals surface area (Å²) in [4.78, 5) is 0. The maximum Gasteiger partial charge on any atom is 0.0471 e. The van der Waals surface area contributed by atoms with Crippen LogP contribution in [0, 0.1) is 11.3 Å². The molecule has 1 atom stereocenters. The van der Waals surface area contributed by atoms with E-state index < -0.39 is 0 Å². The molecule has 0 amide bonds. The van der Waals surface area contributed by atoms with Crippen LogP contribution in [0.4, 0.5) is 0 Å². The lowest BCUT2D eigenvalue weighted by molar-refractivity contribution is 0.0722. The van der Waals surface area contributed by atoms with E-state index in [1.165, 1.54) is 19.3 Å². The Morgan fingerprint density at radius 3 is 2.60 bits per heavy atom. The molecule has 2 N–H and O–H groups in total. The molecule has 2 rings (SSSR count). The first-order valence-corrected chi connectivity index (χ1v) is 6.11. The van der Waals surface area contributed by atoms with Gasteiger partial charge in [0.05, 0.1) is 0 Å². The lowest BCUT2D eigenvalue weighted by atomic mass is 9.71. The SMILES string of the molecule is CC1(C)CC(C2CCOCC2)=CC(N)C1. The number of allylic oxidation sites excluding steroid dienone is 1. The van der Waals surface area contributed by atoms with E-state index in [0.717, 1.165) is 25.6 Å². The average molecular weight is 209 g/mol. The van der Waals surface area contributed by atoms with E-state index in [9.17, 15) is 0 Å². The van der Waals surface area contributed by atoms with Crippen LogP contribution in [0.3, 0.4) is 0 Å². The van der Waals surface area contributed by atoms with Gasteiger partial charge in [0.15, 0.2) is 0 Å². The fraction of sp³-hybridized carbons (Fsp3) is 0.846. The van der Waals surface area contributed by atoms with Crippen LogP contribution in [0.2, 0.25) is 0 Å². The fourth-order valence-electron chi connectivity index (χ4n) is 3.00. The molecular formula is C13H23NO. The van der Waals surface area contributed by atoms with E-state index in [1.54, 1.807) is 5.57 Å². The number of nitrogens with two attached hydrogens (primary N) is 1. The van der Waals surface area contributed by atoms with Crippen molar-refractivity contribution in [2.45, 2.75) is 45.6 Å². The molecule has 86 valence electrons. The number of rotatable bonds is 1. The third-order valence-corrected chi connectivity index (χ3v) is 3.64. The lowest BCUT2D eigenvalue weighted by Crippen LogP contribution is -2.33. The van der Waals surface area contributed by atoms with Crippen LogP contribution in [-0.4, -0.2) is 19.3 Å². The van der Waals surface area contributed by atoms with E-state index in [4.69, 9.17) is 10.5 Å². The average Bonchev–Trinajstić information content (AvgIpc) is 2.16. The molecule has 1 heterocycles. The van der Waals surface area contributed by atoms with Crippen LogP contribution in [0.15, 0.2) is 11.6 Å². The van der Waals surface area contributed by atoms with Crippen molar-refractivity contribution < 1.29 is 4.74 Å². The smallest absolute Gasteiger partial charge is 0.0471 e. The van der Waals surface area contributed by atoms with Gasteiger partial charge in [0.2, 0.25) is 0 Å². The quantitative estimate of drug-likeness (QED) is 0.673. The summed E-state index contributed by atoms with van der Waals surface area (Å²) in [6.07, 6.45) is 7.05. The van der Waals surface area contributed by atoms with Gasteiger partial charge in [-0.2, -0.15) is 0 Å². The summed E-state index contributed by atoms with van der Waals surface area (Å²) in [5.41, 5.74) is 8.09. The van der Waals surface area contributed by atoms with Crippen molar-refractivity contribution in [3.63, 3.8) is 0 Å². The van der Waals surface area contributed by atoms with E-state index in [2.05, 4.69) is 19.9 Å². The standard InChI is InChI=1S/C13H23NO/c1-13(2)8-11(7-12(14)9-13)10-3-5-15-6-4-10/h7,10,12H,3-6,8-9,14H2,1-2H3. The van der Waals surface area contributed by atoms with Crippen molar-refractivity contribution in [2.75, 3.05) is 13.2 Å². The van der Waals surface area contributed by atoms with Crippen molar-refractivity contribution in [3.05, 3.63) is 11.6 Å². The minimum absolute atomic E-state index is 0.270. The summed E-state index contributed by atoms with van der Waals surface area (Å²) in [6, 6.07) is 0.270. The molecule has 0 aromatic heterocycles. The normalized spacial score (nSPS) is 32.5. The molecule has 0 aromatic rings. The van der Waals surface area contributed by atoms with Crippen LogP contribution in [0.25, 0.3) is 0 Å². The van der Waals surface area contributed by atoms with Crippen LogP contribution in [0.1, 0.15) is 39.5 Å². The van der Waals surface area contributed by atoms with Crippen LogP contribution < -0.4 is 5.73 Å². The first-order valence-electron chi connectivity index (χ1n) is 6.11. The summed E-state index contributed by atoms with van der Waals surface area (Å²) in [5.74, 6) is 0.740. The maximum absolute atomic E-state index is 6.10. The molecule has 0 saturated carbocycles. The third kappa shape index (κ3) is 2.82. The zero-order chi connectivity index (χ0) is 10.9. The molecular weight excluding hydrogens is 186 g/mol. The molecule has 2 aliphatic rings. The van der Waals surface area contributed by atoms with Crippen molar-refractivity contribution in [1.29, 1.82) is 0 Å². The summed E-state index contributed by atoms with van der Waals surface area (Å²) < 4.78 is 5.41. The summed E-state index contributed by atoms with van der Waals surface area (Å²) in [6.45, 7) is 6.52. The molecule has 0 radical (unpaired) electrons. The molecule has 0 bridgehead atoms. The Morgan fingerprint density at radius 1 is 1.33 bits per heavy atom. The first kappa shape index (κ1) is 11.2. The monoisotopic (exact) mass is 209 g/mol. The Bertz CT molecular complexity index is 251. The topological polar surface area (TPSA) is 35.2 Å². The second-order valence-corrected chi connectivity index (χ2v) is 5.84. The maximum atomic E-state index is 6.10. The molecule has 2 heteroatoms. The van der Waals surface area contributed by atoms with Gasteiger partial charge in [0.1, 0.15) is 0 Å². The molecule has 15 heavy (non-hydrogen) atoms. The van der Waals surface area contributed by atoms with Gasteiger partial charge in [-0.15, -0.1) is 0 Å². The minimum Gasteiger partial charge on any atom is -0.381 e. The van der Waals surface area contributed by atoms with Crippen LogP contribution in [0.5, 0.6) is 0 Å². The predicted octanol–water partition coefficient (Wildman–Crippen LogP) is 2.49. The number of hydrogen-bond acceptors (Lipinski definition) is 2. The molecule has 1 fully saturated rings. The second-order valence-electron chi connectivity index (χ2n) is 5.84. The summed E-state index contributed by atoms with van der Waals surface area (Å²) >= 11 is 0. The van der Waals surface area contributed by atoms with E-state index >= 15 is 0 Å². The van der Waals surface area contributed by atoms with Crippen molar-refractivity contribution in [1.82, 2.24) is 0 Å². The van der Waals surface area contributed by atoms with Gasteiger partial charge in [-0.25, -0.2) is 0 Å². The van der Waals surface area contributed by atoms with Gasteiger partial charge in [0.25, 0.3) is 0 Å². The van der Waals surface area contributed by atoms with Gasteiger partial charge in [-0.05, 0) is 37.0 Å². The summed E-state index contributed by atoms with van der Waals surface area (Å²) in [5, 5.41) is 0. The Kier molecular flexibility index (Phi) is 3.17. The van der Waals surface area contributed by atoms with E-state index in [0.29, 0.717) is 5.41 Å². The van der Waals surface area contributed by atoms with Crippen LogP contribution in [-0.2, 0) is 4.74 Å². The zero-order valence-corrected chi connectivity index (χ0v) is 9.96. The zero-order valence-electron chi connectivity index (χ0n) is 9.96. The minimum atomic E-state index is 0.270. The highest BCUT2D eigenvalue weighted by Gasteiger charge is 2.30. The Labute approximate surface area is 92.9 Å².